The molecule has 1 rings (SSSR count). The molecule has 0 heterocycles. The molecule has 1 aromatic carbocycles. The standard InChI is InChI=1S/C12H14ClFO6S/c1-3-19-4-5-20-12(15)8-6-9(14)11(18-2)10(7-8)21(13,16)17/h6-7H,3-5H2,1-2H3. The Kier molecular flexibility index (Phi) is 6.38. The summed E-state index contributed by atoms with van der Waals surface area (Å²) in [7, 11) is 2.00. The van der Waals surface area contributed by atoms with E-state index in [0.717, 1.165) is 19.2 Å². The van der Waals surface area contributed by atoms with E-state index in [1.54, 1.807) is 6.92 Å². The van der Waals surface area contributed by atoms with E-state index in [2.05, 4.69) is 4.74 Å². The fourth-order valence-electron chi connectivity index (χ4n) is 1.49. The van der Waals surface area contributed by atoms with Crippen molar-refractivity contribution in [2.75, 3.05) is 26.9 Å². The molecule has 0 aliphatic rings. The van der Waals surface area contributed by atoms with E-state index in [1.807, 2.05) is 0 Å². The molecule has 0 unspecified atom stereocenters. The first kappa shape index (κ1) is 17.7. The van der Waals surface area contributed by atoms with Crippen molar-refractivity contribution in [2.24, 2.45) is 0 Å². The second-order valence-corrected chi connectivity index (χ2v) is 6.29. The zero-order valence-electron chi connectivity index (χ0n) is 11.4. The van der Waals surface area contributed by atoms with Gasteiger partial charge < -0.3 is 14.2 Å². The molecule has 1 aromatic rings. The summed E-state index contributed by atoms with van der Waals surface area (Å²) in [4.78, 5) is 11.1. The van der Waals surface area contributed by atoms with E-state index >= 15 is 0 Å². The maximum absolute atomic E-state index is 13.8. The van der Waals surface area contributed by atoms with E-state index in [4.69, 9.17) is 20.2 Å². The van der Waals surface area contributed by atoms with Gasteiger partial charge in [0.2, 0.25) is 0 Å². The molecular weight excluding hydrogens is 327 g/mol. The zero-order chi connectivity index (χ0) is 16.0. The van der Waals surface area contributed by atoms with E-state index in [0.29, 0.717) is 6.61 Å². The highest BCUT2D eigenvalue weighted by Crippen LogP contribution is 2.31. The second-order valence-electron chi connectivity index (χ2n) is 3.76. The Morgan fingerprint density at radius 1 is 1.33 bits per heavy atom. The summed E-state index contributed by atoms with van der Waals surface area (Å²) in [6, 6.07) is 1.71. The zero-order valence-corrected chi connectivity index (χ0v) is 13.0. The third-order valence-electron chi connectivity index (χ3n) is 2.38. The van der Waals surface area contributed by atoms with Gasteiger partial charge in [0.1, 0.15) is 11.5 Å². The first-order valence-electron chi connectivity index (χ1n) is 5.88. The van der Waals surface area contributed by atoms with Gasteiger partial charge in [-0.05, 0) is 19.1 Å². The van der Waals surface area contributed by atoms with Gasteiger partial charge in [-0.25, -0.2) is 17.6 Å². The molecule has 0 aliphatic heterocycles. The Morgan fingerprint density at radius 2 is 2.00 bits per heavy atom. The molecule has 6 nitrogen and oxygen atoms in total. The van der Waals surface area contributed by atoms with Gasteiger partial charge in [0.05, 0.1) is 19.3 Å². The van der Waals surface area contributed by atoms with E-state index in [9.17, 15) is 17.6 Å². The summed E-state index contributed by atoms with van der Waals surface area (Å²) in [5, 5.41) is 0. The van der Waals surface area contributed by atoms with Crippen LogP contribution in [-0.4, -0.2) is 41.3 Å². The number of carbonyl (C=O) groups excluding carboxylic acids is 1. The molecule has 21 heavy (non-hydrogen) atoms. The Balaban J connectivity index is 3.04. The van der Waals surface area contributed by atoms with Crippen LogP contribution < -0.4 is 4.74 Å². The number of hydrogen-bond donors (Lipinski definition) is 0. The summed E-state index contributed by atoms with van der Waals surface area (Å²) in [6.45, 7) is 2.38. The minimum atomic E-state index is -4.28. The lowest BCUT2D eigenvalue weighted by molar-refractivity contribution is 0.0334. The number of halogens is 2. The molecule has 0 bridgehead atoms. The average Bonchev–Trinajstić information content (AvgIpc) is 2.41. The maximum atomic E-state index is 13.8. The number of rotatable bonds is 7. The molecule has 0 saturated carbocycles. The molecule has 0 aliphatic carbocycles. The number of hydrogen-bond acceptors (Lipinski definition) is 6. The van der Waals surface area contributed by atoms with Gasteiger partial charge in [0.25, 0.3) is 9.05 Å². The van der Waals surface area contributed by atoms with Crippen molar-refractivity contribution in [2.45, 2.75) is 11.8 Å². The van der Waals surface area contributed by atoms with Crippen LogP contribution in [0.15, 0.2) is 17.0 Å². The summed E-state index contributed by atoms with van der Waals surface area (Å²) in [5.41, 5.74) is -0.288. The van der Waals surface area contributed by atoms with Gasteiger partial charge >= 0.3 is 5.97 Å². The molecule has 0 aromatic heterocycles. The van der Waals surface area contributed by atoms with Crippen LogP contribution in [-0.2, 0) is 18.5 Å². The number of carbonyl (C=O) groups is 1. The smallest absolute Gasteiger partial charge is 0.338 e. The monoisotopic (exact) mass is 340 g/mol. The van der Waals surface area contributed by atoms with Crippen molar-refractivity contribution in [3.8, 4) is 5.75 Å². The Bertz CT molecular complexity index is 616. The van der Waals surface area contributed by atoms with Gasteiger partial charge in [0.15, 0.2) is 11.6 Å². The molecule has 0 amide bonds. The molecule has 0 spiro atoms. The number of benzene rings is 1. The summed E-state index contributed by atoms with van der Waals surface area (Å²) in [5.74, 6) is -2.48. The highest BCUT2D eigenvalue weighted by atomic mass is 35.7. The topological polar surface area (TPSA) is 78.9 Å². The van der Waals surface area contributed by atoms with Crippen molar-refractivity contribution in [1.29, 1.82) is 0 Å². The lowest BCUT2D eigenvalue weighted by Gasteiger charge is -2.10. The van der Waals surface area contributed by atoms with Crippen molar-refractivity contribution in [1.82, 2.24) is 0 Å². The highest BCUT2D eigenvalue weighted by Gasteiger charge is 2.24. The van der Waals surface area contributed by atoms with Crippen LogP contribution >= 0.6 is 10.7 Å². The van der Waals surface area contributed by atoms with E-state index in [-0.39, 0.29) is 18.8 Å². The summed E-state index contributed by atoms with van der Waals surface area (Å²) >= 11 is 0. The highest BCUT2D eigenvalue weighted by molar-refractivity contribution is 8.13. The Labute approximate surface area is 126 Å². The van der Waals surface area contributed by atoms with Gasteiger partial charge in [0, 0.05) is 17.3 Å². The summed E-state index contributed by atoms with van der Waals surface area (Å²) in [6.07, 6.45) is 0. The van der Waals surface area contributed by atoms with Gasteiger partial charge in [-0.15, -0.1) is 0 Å². The largest absolute Gasteiger partial charge is 0.492 e. The number of methoxy groups -OCH3 is 1. The fraction of sp³-hybridized carbons (Fsp3) is 0.417. The van der Waals surface area contributed by atoms with E-state index in [1.165, 1.54) is 0 Å². The predicted octanol–water partition coefficient (Wildman–Crippen LogP) is 1.96. The molecular formula is C12H14ClFO6S. The van der Waals surface area contributed by atoms with Gasteiger partial charge in [-0.1, -0.05) is 0 Å². The van der Waals surface area contributed by atoms with Gasteiger partial charge in [-0.3, -0.25) is 0 Å². The maximum Gasteiger partial charge on any atom is 0.338 e. The third kappa shape index (κ3) is 4.83. The quantitative estimate of drug-likeness (QED) is 0.429. The lowest BCUT2D eigenvalue weighted by atomic mass is 10.2. The normalized spacial score (nSPS) is 11.2. The van der Waals surface area contributed by atoms with Crippen LogP contribution in [0, 0.1) is 5.82 Å². The first-order chi connectivity index (χ1) is 9.81. The Hall–Kier alpha value is -1.38. The van der Waals surface area contributed by atoms with Crippen LogP contribution in [0.5, 0.6) is 5.75 Å². The predicted molar refractivity (Wildman–Crippen MR) is 72.8 cm³/mol. The number of ether oxygens (including phenoxy) is 3. The van der Waals surface area contributed by atoms with Crippen LogP contribution in [0.2, 0.25) is 0 Å². The van der Waals surface area contributed by atoms with Crippen LogP contribution in [0.3, 0.4) is 0 Å². The van der Waals surface area contributed by atoms with Gasteiger partial charge in [-0.2, -0.15) is 0 Å². The van der Waals surface area contributed by atoms with Crippen LogP contribution in [0.1, 0.15) is 17.3 Å². The molecule has 0 N–H and O–H groups in total. The molecule has 0 atom stereocenters. The first-order valence-corrected chi connectivity index (χ1v) is 8.19. The van der Waals surface area contributed by atoms with Crippen molar-refractivity contribution in [3.63, 3.8) is 0 Å². The SMILES string of the molecule is CCOCCOC(=O)c1cc(F)c(OC)c(S(=O)(=O)Cl)c1. The molecule has 118 valence electrons. The van der Waals surface area contributed by atoms with Crippen LogP contribution in [0.4, 0.5) is 4.39 Å². The summed E-state index contributed by atoms with van der Waals surface area (Å²) < 4.78 is 51.0. The lowest BCUT2D eigenvalue weighted by Crippen LogP contribution is -2.12. The Morgan fingerprint density at radius 3 is 2.52 bits per heavy atom. The molecule has 0 radical (unpaired) electrons. The second kappa shape index (κ2) is 7.58. The molecule has 0 fully saturated rings. The number of esters is 1. The molecule has 0 saturated heterocycles. The minimum absolute atomic E-state index is 0.0384. The third-order valence-corrected chi connectivity index (χ3v) is 3.70. The minimum Gasteiger partial charge on any atom is -0.492 e. The molecule has 9 heteroatoms. The fourth-order valence-corrected chi connectivity index (χ4v) is 2.50. The average molecular weight is 341 g/mol. The van der Waals surface area contributed by atoms with Crippen molar-refractivity contribution < 1.29 is 31.8 Å². The van der Waals surface area contributed by atoms with Crippen molar-refractivity contribution in [3.05, 3.63) is 23.5 Å². The van der Waals surface area contributed by atoms with Crippen LogP contribution in [0.25, 0.3) is 0 Å². The van der Waals surface area contributed by atoms with Crippen molar-refractivity contribution >= 4 is 25.7 Å². The van der Waals surface area contributed by atoms with E-state index < -0.39 is 31.5 Å².